The Morgan fingerprint density at radius 3 is 2.96 bits per heavy atom. The molecule has 2 aromatic heterocycles. The summed E-state index contributed by atoms with van der Waals surface area (Å²) in [5.74, 6) is 0. The summed E-state index contributed by atoms with van der Waals surface area (Å²) in [4.78, 5) is 5.06. The lowest BCUT2D eigenvalue weighted by Gasteiger charge is -2.12. The third-order valence-corrected chi connectivity index (χ3v) is 6.06. The van der Waals surface area contributed by atoms with Crippen molar-refractivity contribution in [3.8, 4) is 0 Å². The molecular weight excluding hydrogens is 379 g/mol. The van der Waals surface area contributed by atoms with Crippen LogP contribution in [0.25, 0.3) is 12.2 Å². The molecule has 2 aromatic rings. The average molecular weight is 401 g/mol. The smallest absolute Gasteiger partial charge is 0.130 e. The van der Waals surface area contributed by atoms with Crippen LogP contribution in [0.15, 0.2) is 28.6 Å². The van der Waals surface area contributed by atoms with E-state index in [1.54, 1.807) is 24.0 Å². The summed E-state index contributed by atoms with van der Waals surface area (Å²) in [6.07, 6.45) is 8.44. The van der Waals surface area contributed by atoms with Gasteiger partial charge in [0.2, 0.25) is 0 Å². The number of thioether (sulfide) groups is 1. The number of thiophene rings is 1. The van der Waals surface area contributed by atoms with Crippen molar-refractivity contribution < 1.29 is 0 Å². The van der Waals surface area contributed by atoms with Crippen LogP contribution in [0.2, 0.25) is 10.2 Å². The molecule has 6 heteroatoms. The second-order valence-corrected chi connectivity index (χ2v) is 8.64. The Morgan fingerprint density at radius 1 is 1.38 bits per heavy atom. The van der Waals surface area contributed by atoms with E-state index < -0.39 is 0 Å². The predicted molar refractivity (Wildman–Crippen MR) is 110 cm³/mol. The Labute approximate surface area is 162 Å². The molecule has 0 saturated carbocycles. The molecule has 0 bridgehead atoms. The number of nitrogens with zero attached hydrogens (tertiary/aromatic N) is 1. The maximum Gasteiger partial charge on any atom is 0.130 e. The highest BCUT2D eigenvalue weighted by Crippen LogP contribution is 2.30. The van der Waals surface area contributed by atoms with Gasteiger partial charge in [-0.1, -0.05) is 49.2 Å². The van der Waals surface area contributed by atoms with E-state index in [2.05, 4.69) is 47.7 Å². The van der Waals surface area contributed by atoms with Crippen molar-refractivity contribution in [1.82, 2.24) is 10.3 Å². The first kappa shape index (κ1) is 19.8. The molecule has 2 rings (SSSR count). The van der Waals surface area contributed by atoms with Gasteiger partial charge in [-0.25, -0.2) is 4.98 Å². The molecule has 1 N–H and O–H groups in total. The largest absolute Gasteiger partial charge is 0.315 e. The summed E-state index contributed by atoms with van der Waals surface area (Å²) >= 11 is 15.5. The minimum atomic E-state index is 0.413. The fraction of sp³-hybridized carbons (Fsp3) is 0.389. The molecule has 1 atom stereocenters. The predicted octanol–water partition coefficient (Wildman–Crippen LogP) is 4.58. The fourth-order valence-corrected chi connectivity index (χ4v) is 4.56. The number of pyridine rings is 1. The quantitative estimate of drug-likeness (QED) is 0.398. The summed E-state index contributed by atoms with van der Waals surface area (Å²) in [5.41, 5.74) is 0. The van der Waals surface area contributed by atoms with Gasteiger partial charge in [0.1, 0.15) is 5.15 Å². The van der Waals surface area contributed by atoms with E-state index in [-0.39, 0.29) is 0 Å². The maximum absolute atomic E-state index is 6.18. The fourth-order valence-electron chi connectivity index (χ4n) is 2.23. The van der Waals surface area contributed by atoms with Gasteiger partial charge in [-0.05, 0) is 42.1 Å². The first-order valence-electron chi connectivity index (χ1n) is 8.02. The van der Waals surface area contributed by atoms with Crippen LogP contribution in [0.4, 0.5) is 0 Å². The maximum atomic E-state index is 6.18. The zero-order chi connectivity index (χ0) is 17.4. The molecule has 2 nitrogen and oxygen atoms in total. The lowest BCUT2D eigenvalue weighted by atomic mass is 10.3. The molecule has 0 amide bonds. The van der Waals surface area contributed by atoms with Crippen LogP contribution in [-0.4, -0.2) is 23.3 Å². The van der Waals surface area contributed by atoms with E-state index in [1.807, 2.05) is 11.3 Å². The normalized spacial score (nSPS) is 14.3. The van der Waals surface area contributed by atoms with Gasteiger partial charge in [-0.2, -0.15) is 0 Å². The van der Waals surface area contributed by atoms with E-state index >= 15 is 0 Å². The van der Waals surface area contributed by atoms with E-state index in [0.29, 0.717) is 15.4 Å². The van der Waals surface area contributed by atoms with Crippen molar-refractivity contribution in [3.05, 3.63) is 43.6 Å². The van der Waals surface area contributed by atoms with Gasteiger partial charge in [-0.15, -0.1) is 23.1 Å². The lowest BCUT2D eigenvalue weighted by Crippen LogP contribution is -2.24. The second-order valence-electron chi connectivity index (χ2n) is 5.42. The Kier molecular flexibility index (Phi) is 8.63. The summed E-state index contributed by atoms with van der Waals surface area (Å²) < 4.78 is 1.38. The molecule has 1 unspecified atom stereocenters. The molecule has 130 valence electrons. The zero-order valence-corrected chi connectivity index (χ0v) is 17.0. The van der Waals surface area contributed by atoms with Crippen molar-refractivity contribution in [2.24, 2.45) is 0 Å². The molecule has 0 aliphatic carbocycles. The van der Waals surface area contributed by atoms with Crippen LogP contribution in [-0.2, 0) is 0 Å². The van der Waals surface area contributed by atoms with Crippen molar-refractivity contribution in [2.75, 3.05) is 13.1 Å². The average Bonchev–Trinajstić information content (AvgIpc) is 2.97. The highest BCUT2D eigenvalue weighted by molar-refractivity contribution is 8.00. The van der Waals surface area contributed by atoms with Gasteiger partial charge in [0.25, 0.3) is 0 Å². The van der Waals surface area contributed by atoms with Gasteiger partial charge >= 0.3 is 0 Å². The third-order valence-electron chi connectivity index (χ3n) is 3.35. The summed E-state index contributed by atoms with van der Waals surface area (Å²) in [6.45, 7) is 6.25. The van der Waals surface area contributed by atoms with Crippen LogP contribution in [0.5, 0.6) is 0 Å². The first-order chi connectivity index (χ1) is 11.6. The Morgan fingerprint density at radius 2 is 2.21 bits per heavy atom. The lowest BCUT2D eigenvalue weighted by molar-refractivity contribution is 0.693. The summed E-state index contributed by atoms with van der Waals surface area (Å²) in [5, 5.41) is 8.52. The molecule has 2 heterocycles. The van der Waals surface area contributed by atoms with Crippen LogP contribution < -0.4 is 15.1 Å². The number of hydrogen-bond donors (Lipinski definition) is 1. The first-order valence-corrected chi connectivity index (χ1v) is 10.5. The summed E-state index contributed by atoms with van der Waals surface area (Å²) in [7, 11) is 0. The van der Waals surface area contributed by atoms with E-state index in [1.165, 1.54) is 9.75 Å². The van der Waals surface area contributed by atoms with Gasteiger partial charge in [0.15, 0.2) is 0 Å². The van der Waals surface area contributed by atoms with E-state index in [0.717, 1.165) is 30.8 Å². The molecule has 0 fully saturated rings. The summed E-state index contributed by atoms with van der Waals surface area (Å²) in [6, 6.07) is 3.88. The zero-order valence-electron chi connectivity index (χ0n) is 13.9. The van der Waals surface area contributed by atoms with Crippen molar-refractivity contribution in [2.45, 2.75) is 36.8 Å². The molecule has 24 heavy (non-hydrogen) atoms. The number of rotatable bonds is 8. The number of nitrogens with one attached hydrogen (secondary N) is 1. The van der Waals surface area contributed by atoms with Gasteiger partial charge in [0, 0.05) is 27.4 Å². The Hall–Kier alpha value is -0.520. The highest BCUT2D eigenvalue weighted by Gasteiger charge is 2.08. The van der Waals surface area contributed by atoms with Crippen molar-refractivity contribution >= 4 is 58.5 Å². The minimum Gasteiger partial charge on any atom is -0.315 e. The standard InChI is InChI=1S/C18H22Cl2N2S2/c1-3-5-16-14(7-9-23-16)6-4-8-21-11-13(2)24-17-12-22-18(20)10-15(17)19/h5-7,9-10,12-13,21H,3-4,8,11H2,1-2H3/b14-6-,16-5+. The molecule has 0 spiro atoms. The van der Waals surface area contributed by atoms with Crippen LogP contribution in [0, 0.1) is 0 Å². The second kappa shape index (κ2) is 10.5. The van der Waals surface area contributed by atoms with Crippen molar-refractivity contribution in [1.29, 1.82) is 0 Å². The molecule has 0 aliphatic heterocycles. The van der Waals surface area contributed by atoms with Gasteiger partial charge in [-0.3, -0.25) is 0 Å². The molecule has 0 aliphatic rings. The molecular formula is C18H22Cl2N2S2. The van der Waals surface area contributed by atoms with Crippen molar-refractivity contribution in [3.63, 3.8) is 0 Å². The third kappa shape index (κ3) is 6.41. The molecule has 0 radical (unpaired) electrons. The van der Waals surface area contributed by atoms with Gasteiger partial charge < -0.3 is 5.32 Å². The number of aromatic nitrogens is 1. The van der Waals surface area contributed by atoms with Crippen LogP contribution in [0.1, 0.15) is 26.7 Å². The highest BCUT2D eigenvalue weighted by atomic mass is 35.5. The number of hydrogen-bond acceptors (Lipinski definition) is 4. The number of halogens is 2. The minimum absolute atomic E-state index is 0.413. The van der Waals surface area contributed by atoms with E-state index in [9.17, 15) is 0 Å². The van der Waals surface area contributed by atoms with Gasteiger partial charge in [0.05, 0.1) is 5.02 Å². The van der Waals surface area contributed by atoms with Crippen LogP contribution in [0.3, 0.4) is 0 Å². The molecule has 0 aromatic carbocycles. The van der Waals surface area contributed by atoms with Crippen LogP contribution >= 0.6 is 46.3 Å². The van der Waals surface area contributed by atoms with E-state index in [4.69, 9.17) is 23.2 Å². The topological polar surface area (TPSA) is 24.9 Å². The Balaban J connectivity index is 1.76. The molecule has 0 saturated heterocycles. The SMILES string of the molecule is CC/C=c1/scc/c1=C/CCNCC(C)Sc1cnc(Cl)cc1Cl. The Bertz CT molecular complexity index is 759. The monoisotopic (exact) mass is 400 g/mol.